The number of alkyl carbamates (subject to hydrolysis) is 1. The molecule has 0 aliphatic heterocycles. The zero-order valence-electron chi connectivity index (χ0n) is 7.98. The summed E-state index contributed by atoms with van der Waals surface area (Å²) in [5.74, 6) is -0.751. The van der Waals surface area contributed by atoms with Gasteiger partial charge in [-0.25, -0.2) is 9.59 Å². The molecule has 5 heteroatoms. The molecule has 0 saturated heterocycles. The lowest BCUT2D eigenvalue weighted by molar-refractivity contribution is 0.0626. The summed E-state index contributed by atoms with van der Waals surface area (Å²) >= 11 is 0. The minimum atomic E-state index is -0.815. The average molecular weight is 204 g/mol. The molecule has 0 aromatic heterocycles. The van der Waals surface area contributed by atoms with E-state index in [2.05, 4.69) is 10.1 Å². The van der Waals surface area contributed by atoms with E-state index in [1.165, 1.54) is 31.3 Å². The normalized spacial score (nSPS) is 8.80. The van der Waals surface area contributed by atoms with Crippen molar-refractivity contribution in [3.8, 4) is 6.07 Å². The number of carbonyl (C=O) groups is 2. The molecule has 0 aliphatic carbocycles. The van der Waals surface area contributed by atoms with Crippen LogP contribution in [0, 0.1) is 11.3 Å². The number of hydrogen-bond donors (Lipinski definition) is 1. The van der Waals surface area contributed by atoms with Gasteiger partial charge in [0.1, 0.15) is 0 Å². The van der Waals surface area contributed by atoms with Gasteiger partial charge in [-0.3, -0.25) is 0 Å². The molecule has 0 atom stereocenters. The number of rotatable bonds is 1. The molecule has 0 radical (unpaired) electrons. The van der Waals surface area contributed by atoms with Crippen LogP contribution in [0.15, 0.2) is 24.3 Å². The molecule has 15 heavy (non-hydrogen) atoms. The molecule has 0 unspecified atom stereocenters. The molecule has 1 aromatic carbocycles. The summed E-state index contributed by atoms with van der Waals surface area (Å²) in [7, 11) is 1.36. The number of nitrogens with one attached hydrogen (secondary N) is 1. The molecule has 1 rings (SSSR count). The van der Waals surface area contributed by atoms with E-state index in [4.69, 9.17) is 5.26 Å². The lowest BCUT2D eigenvalue weighted by Gasteiger charge is -2.01. The number of amides is 1. The Morgan fingerprint density at radius 1 is 1.33 bits per heavy atom. The van der Waals surface area contributed by atoms with Crippen molar-refractivity contribution in [3.05, 3.63) is 35.4 Å². The van der Waals surface area contributed by atoms with E-state index in [9.17, 15) is 9.59 Å². The number of nitriles is 1. The molecular weight excluding hydrogens is 196 g/mol. The minimum Gasteiger partial charge on any atom is -0.373 e. The molecule has 0 saturated carbocycles. The van der Waals surface area contributed by atoms with E-state index in [0.717, 1.165) is 0 Å². The minimum absolute atomic E-state index is 0.220. The van der Waals surface area contributed by atoms with E-state index in [1.807, 2.05) is 6.07 Å². The van der Waals surface area contributed by atoms with Crippen molar-refractivity contribution in [2.45, 2.75) is 0 Å². The predicted octanol–water partition coefficient (Wildman–Crippen LogP) is 1.05. The van der Waals surface area contributed by atoms with Crippen molar-refractivity contribution < 1.29 is 14.3 Å². The van der Waals surface area contributed by atoms with Crippen LogP contribution in [0.3, 0.4) is 0 Å². The third kappa shape index (κ3) is 2.81. The topological polar surface area (TPSA) is 79.2 Å². The third-order valence-corrected chi connectivity index (χ3v) is 1.64. The zero-order valence-corrected chi connectivity index (χ0v) is 7.98. The molecule has 5 nitrogen and oxygen atoms in total. The fourth-order valence-corrected chi connectivity index (χ4v) is 0.875. The van der Waals surface area contributed by atoms with Crippen LogP contribution >= 0.6 is 0 Å². The lowest BCUT2D eigenvalue weighted by Crippen LogP contribution is -2.22. The molecule has 1 aromatic rings. The number of esters is 1. The van der Waals surface area contributed by atoms with Gasteiger partial charge >= 0.3 is 12.1 Å². The van der Waals surface area contributed by atoms with Gasteiger partial charge in [0.2, 0.25) is 0 Å². The summed E-state index contributed by atoms with van der Waals surface area (Å²) in [6.45, 7) is 0. The Morgan fingerprint density at radius 3 is 2.40 bits per heavy atom. The first kappa shape index (κ1) is 10.7. The Bertz CT molecular complexity index is 417. The highest BCUT2D eigenvalue weighted by atomic mass is 16.6. The fraction of sp³-hybridized carbons (Fsp3) is 0.100. The Hall–Kier alpha value is -2.35. The second kappa shape index (κ2) is 4.77. The van der Waals surface area contributed by atoms with Gasteiger partial charge in [-0.2, -0.15) is 5.26 Å². The van der Waals surface area contributed by atoms with Gasteiger partial charge in [0.05, 0.1) is 17.2 Å². The van der Waals surface area contributed by atoms with Crippen molar-refractivity contribution in [1.29, 1.82) is 5.26 Å². The molecule has 0 spiro atoms. The van der Waals surface area contributed by atoms with Crippen LogP contribution in [0.4, 0.5) is 4.79 Å². The Balaban J connectivity index is 2.75. The SMILES string of the molecule is CNC(=O)OC(=O)c1ccc(C#N)cc1. The van der Waals surface area contributed by atoms with Gasteiger partial charge in [-0.05, 0) is 24.3 Å². The number of hydrogen-bond acceptors (Lipinski definition) is 4. The zero-order chi connectivity index (χ0) is 11.3. The molecular formula is C10H8N2O3. The number of carbonyl (C=O) groups excluding carboxylic acids is 2. The van der Waals surface area contributed by atoms with Crippen molar-refractivity contribution >= 4 is 12.1 Å². The van der Waals surface area contributed by atoms with Crippen LogP contribution in [0.1, 0.15) is 15.9 Å². The van der Waals surface area contributed by atoms with E-state index >= 15 is 0 Å². The van der Waals surface area contributed by atoms with Gasteiger partial charge in [-0.15, -0.1) is 0 Å². The first-order valence-corrected chi connectivity index (χ1v) is 4.11. The van der Waals surface area contributed by atoms with Crippen molar-refractivity contribution in [3.63, 3.8) is 0 Å². The molecule has 0 fully saturated rings. The van der Waals surface area contributed by atoms with Crippen LogP contribution in [0.2, 0.25) is 0 Å². The second-order valence-corrected chi connectivity index (χ2v) is 2.62. The Morgan fingerprint density at radius 2 is 1.93 bits per heavy atom. The summed E-state index contributed by atoms with van der Waals surface area (Å²) in [4.78, 5) is 22.0. The maximum absolute atomic E-state index is 11.2. The molecule has 1 N–H and O–H groups in total. The standard InChI is InChI=1S/C10H8N2O3/c1-12-10(14)15-9(13)8-4-2-7(6-11)3-5-8/h2-5H,1H3,(H,12,14). The average Bonchev–Trinajstić information content (AvgIpc) is 2.29. The highest BCUT2D eigenvalue weighted by Crippen LogP contribution is 2.04. The fourth-order valence-electron chi connectivity index (χ4n) is 0.875. The Labute approximate surface area is 86.3 Å². The first-order chi connectivity index (χ1) is 7.17. The van der Waals surface area contributed by atoms with Crippen LogP contribution < -0.4 is 5.32 Å². The van der Waals surface area contributed by atoms with Gasteiger partial charge < -0.3 is 10.1 Å². The van der Waals surface area contributed by atoms with E-state index < -0.39 is 12.1 Å². The van der Waals surface area contributed by atoms with Crippen LogP contribution in [0.5, 0.6) is 0 Å². The van der Waals surface area contributed by atoms with Gasteiger partial charge in [-0.1, -0.05) is 0 Å². The van der Waals surface area contributed by atoms with Gasteiger partial charge in [0.15, 0.2) is 0 Å². The second-order valence-electron chi connectivity index (χ2n) is 2.62. The molecule has 0 heterocycles. The maximum atomic E-state index is 11.2. The number of ether oxygens (including phenoxy) is 1. The van der Waals surface area contributed by atoms with Crippen molar-refractivity contribution in [2.75, 3.05) is 7.05 Å². The summed E-state index contributed by atoms with van der Waals surface area (Å²) in [5.41, 5.74) is 0.657. The Kier molecular flexibility index (Phi) is 3.41. The lowest BCUT2D eigenvalue weighted by atomic mass is 10.1. The van der Waals surface area contributed by atoms with Crippen molar-refractivity contribution in [1.82, 2.24) is 5.32 Å². The largest absolute Gasteiger partial charge is 0.414 e. The van der Waals surface area contributed by atoms with E-state index in [-0.39, 0.29) is 5.56 Å². The molecule has 0 aliphatic rings. The smallest absolute Gasteiger partial charge is 0.373 e. The highest BCUT2D eigenvalue weighted by molar-refractivity contribution is 5.96. The number of nitrogens with zero attached hydrogens (tertiary/aromatic N) is 1. The molecule has 0 bridgehead atoms. The molecule has 1 amide bonds. The first-order valence-electron chi connectivity index (χ1n) is 4.11. The number of benzene rings is 1. The summed E-state index contributed by atoms with van der Waals surface area (Å²) in [6, 6.07) is 7.70. The highest BCUT2D eigenvalue weighted by Gasteiger charge is 2.10. The molecule has 76 valence electrons. The maximum Gasteiger partial charge on any atom is 0.414 e. The quantitative estimate of drug-likeness (QED) is 0.547. The summed E-state index contributed by atoms with van der Waals surface area (Å²) in [6.07, 6.45) is -0.815. The third-order valence-electron chi connectivity index (χ3n) is 1.64. The van der Waals surface area contributed by atoms with Crippen LogP contribution in [0.25, 0.3) is 0 Å². The van der Waals surface area contributed by atoms with Crippen molar-refractivity contribution in [2.24, 2.45) is 0 Å². The van der Waals surface area contributed by atoms with Gasteiger partial charge in [0, 0.05) is 7.05 Å². The van der Waals surface area contributed by atoms with E-state index in [0.29, 0.717) is 5.56 Å². The van der Waals surface area contributed by atoms with Gasteiger partial charge in [0.25, 0.3) is 0 Å². The summed E-state index contributed by atoms with van der Waals surface area (Å²) in [5, 5.41) is 10.7. The monoisotopic (exact) mass is 204 g/mol. The van der Waals surface area contributed by atoms with E-state index in [1.54, 1.807) is 0 Å². The van der Waals surface area contributed by atoms with Crippen LogP contribution in [-0.4, -0.2) is 19.1 Å². The predicted molar refractivity (Wildman–Crippen MR) is 51.0 cm³/mol. The van der Waals surface area contributed by atoms with Crippen LogP contribution in [-0.2, 0) is 4.74 Å². The summed E-state index contributed by atoms with van der Waals surface area (Å²) < 4.78 is 4.39.